The smallest absolute Gasteiger partial charge is 0.276 e. The molecule has 2 aromatic rings. The van der Waals surface area contributed by atoms with E-state index in [-0.39, 0.29) is 11.7 Å². The Morgan fingerprint density at radius 3 is 2.88 bits per heavy atom. The number of halogens is 2. The summed E-state index contributed by atoms with van der Waals surface area (Å²) >= 11 is 4.85. The number of nitrogens with zero attached hydrogens (tertiary/aromatic N) is 3. The Balaban J connectivity index is 2.00. The molecular weight excluding hydrogens is 419 g/mol. The summed E-state index contributed by atoms with van der Waals surface area (Å²) in [5, 5.41) is 10.6. The average molecular weight is 433 g/mol. The summed E-state index contributed by atoms with van der Waals surface area (Å²) in [6.45, 7) is 1.97. The van der Waals surface area contributed by atoms with Crippen LogP contribution in [0.2, 0.25) is 0 Å². The van der Waals surface area contributed by atoms with Gasteiger partial charge in [0.15, 0.2) is 11.3 Å². The van der Waals surface area contributed by atoms with Gasteiger partial charge in [-0.3, -0.25) is 15.1 Å². The molecule has 8 heteroatoms. The van der Waals surface area contributed by atoms with E-state index in [1.165, 1.54) is 22.8 Å². The van der Waals surface area contributed by atoms with E-state index in [4.69, 9.17) is 0 Å². The monoisotopic (exact) mass is 432 g/mol. The summed E-state index contributed by atoms with van der Waals surface area (Å²) < 4.78 is 15.3. The Labute approximate surface area is 161 Å². The number of rotatable bonds is 2. The molecule has 4 rings (SSSR count). The Kier molecular flexibility index (Phi) is 4.54. The van der Waals surface area contributed by atoms with E-state index < -0.39 is 6.17 Å². The zero-order valence-electron chi connectivity index (χ0n) is 13.7. The summed E-state index contributed by atoms with van der Waals surface area (Å²) in [6.07, 6.45) is -0.738. The molecule has 0 radical (unpaired) electrons. The fourth-order valence-electron chi connectivity index (χ4n) is 2.94. The van der Waals surface area contributed by atoms with Gasteiger partial charge in [-0.1, -0.05) is 52.8 Å². The molecule has 0 spiro atoms. The Bertz CT molecular complexity index is 1060. The number of nitrogens with one attached hydrogen (secondary N) is 1. The van der Waals surface area contributed by atoms with Crippen LogP contribution in [0.15, 0.2) is 57.0 Å². The van der Waals surface area contributed by atoms with Crippen LogP contribution in [0.3, 0.4) is 0 Å². The third-order valence-corrected chi connectivity index (χ3v) is 5.27. The maximum Gasteiger partial charge on any atom is 0.276 e. The van der Waals surface area contributed by atoms with Gasteiger partial charge in [0.05, 0.1) is 5.36 Å². The Hall–Kier alpha value is -2.19. The fourth-order valence-corrected chi connectivity index (χ4v) is 3.89. The summed E-state index contributed by atoms with van der Waals surface area (Å²) in [7, 11) is 0. The molecule has 0 saturated carbocycles. The van der Waals surface area contributed by atoms with Crippen LogP contribution in [0.5, 0.6) is 0 Å². The second kappa shape index (κ2) is 6.85. The van der Waals surface area contributed by atoms with Crippen molar-refractivity contribution in [1.82, 2.24) is 10.3 Å². The number of amidine groups is 1. The molecule has 2 aliphatic heterocycles. The van der Waals surface area contributed by atoms with Crippen molar-refractivity contribution in [2.75, 3.05) is 5.75 Å². The minimum absolute atomic E-state index is 0.272. The van der Waals surface area contributed by atoms with Crippen molar-refractivity contribution in [3.8, 4) is 0 Å². The number of fused-ring (bicyclic) bond motifs is 2. The largest absolute Gasteiger partial charge is 0.298 e. The van der Waals surface area contributed by atoms with Crippen molar-refractivity contribution in [3.63, 3.8) is 0 Å². The number of benzene rings is 2. The zero-order chi connectivity index (χ0) is 18.3. The van der Waals surface area contributed by atoms with Gasteiger partial charge >= 0.3 is 0 Å². The van der Waals surface area contributed by atoms with Crippen LogP contribution in [0.1, 0.15) is 18.7 Å². The van der Waals surface area contributed by atoms with Crippen molar-refractivity contribution in [2.24, 2.45) is 10.1 Å². The van der Waals surface area contributed by atoms with Gasteiger partial charge in [0.1, 0.15) is 11.5 Å². The minimum atomic E-state index is -0.738. The predicted molar refractivity (Wildman–Crippen MR) is 103 cm³/mol. The third-order valence-electron chi connectivity index (χ3n) is 4.03. The molecule has 0 saturated heterocycles. The van der Waals surface area contributed by atoms with E-state index in [1.54, 1.807) is 18.2 Å². The van der Waals surface area contributed by atoms with E-state index in [0.717, 1.165) is 10.2 Å². The lowest BCUT2D eigenvalue weighted by atomic mass is 10.1. The molecule has 0 bridgehead atoms. The number of carbonyl (C=O) groups is 1. The minimum Gasteiger partial charge on any atom is -0.298 e. The highest BCUT2D eigenvalue weighted by Gasteiger charge is 2.35. The predicted octanol–water partition coefficient (Wildman–Crippen LogP) is 2.48. The maximum absolute atomic E-state index is 14.5. The van der Waals surface area contributed by atoms with Crippen LogP contribution in [0.25, 0.3) is 5.70 Å². The number of carbonyl (C=O) groups excluding carboxylic acids is 1. The van der Waals surface area contributed by atoms with E-state index in [9.17, 15) is 9.18 Å². The first-order chi connectivity index (χ1) is 12.6. The molecule has 1 amide bonds. The van der Waals surface area contributed by atoms with Gasteiger partial charge < -0.3 is 0 Å². The molecule has 0 aliphatic carbocycles. The molecule has 1 N–H and O–H groups in total. The SMILES string of the molecule is CCSC1=NN2C(=c3cc(Br)ccc3=N[C@H]2c2ccccc2F)C(=O)N1. The molecule has 1 atom stereocenters. The lowest BCUT2D eigenvalue weighted by Gasteiger charge is -2.34. The fraction of sp³-hybridized carbons (Fsp3) is 0.167. The molecule has 0 aromatic heterocycles. The third kappa shape index (κ3) is 2.93. The van der Waals surface area contributed by atoms with Crippen molar-refractivity contribution >= 4 is 44.5 Å². The van der Waals surface area contributed by atoms with Crippen molar-refractivity contribution < 1.29 is 9.18 Å². The maximum atomic E-state index is 14.5. The highest BCUT2D eigenvalue weighted by Crippen LogP contribution is 2.32. The van der Waals surface area contributed by atoms with E-state index in [2.05, 4.69) is 31.3 Å². The molecule has 0 fully saturated rings. The van der Waals surface area contributed by atoms with E-state index in [0.29, 0.717) is 27.0 Å². The lowest BCUT2D eigenvalue weighted by Crippen LogP contribution is -2.50. The van der Waals surface area contributed by atoms with E-state index in [1.807, 2.05) is 25.1 Å². The van der Waals surface area contributed by atoms with Crippen LogP contribution in [-0.4, -0.2) is 21.8 Å². The average Bonchev–Trinajstić information content (AvgIpc) is 2.62. The molecule has 26 heavy (non-hydrogen) atoms. The van der Waals surface area contributed by atoms with Gasteiger partial charge in [-0.25, -0.2) is 9.40 Å². The molecule has 2 aromatic carbocycles. The van der Waals surface area contributed by atoms with Gasteiger partial charge in [-0.05, 0) is 30.0 Å². The van der Waals surface area contributed by atoms with Gasteiger partial charge in [0.25, 0.3) is 5.91 Å². The molecule has 2 aliphatic rings. The van der Waals surface area contributed by atoms with Crippen molar-refractivity contribution in [1.29, 1.82) is 0 Å². The first-order valence-corrected chi connectivity index (χ1v) is 9.80. The number of hydrogen-bond donors (Lipinski definition) is 1. The first kappa shape index (κ1) is 17.2. The molecular formula is C18H14BrFN4OS. The van der Waals surface area contributed by atoms with Crippen LogP contribution in [0, 0.1) is 5.82 Å². The summed E-state index contributed by atoms with van der Waals surface area (Å²) in [6, 6.07) is 11.9. The molecule has 5 nitrogen and oxygen atoms in total. The summed E-state index contributed by atoms with van der Waals surface area (Å²) in [4.78, 5) is 17.5. The Morgan fingerprint density at radius 2 is 2.12 bits per heavy atom. The number of hydrazone groups is 1. The summed E-state index contributed by atoms with van der Waals surface area (Å²) in [5.41, 5.74) is 0.739. The number of amides is 1. The van der Waals surface area contributed by atoms with Crippen LogP contribution in [0.4, 0.5) is 4.39 Å². The van der Waals surface area contributed by atoms with Crippen molar-refractivity contribution in [2.45, 2.75) is 13.1 Å². The molecule has 0 unspecified atom stereocenters. The van der Waals surface area contributed by atoms with Gasteiger partial charge in [0, 0.05) is 15.3 Å². The van der Waals surface area contributed by atoms with Crippen LogP contribution in [-0.2, 0) is 4.79 Å². The molecule has 2 heterocycles. The van der Waals surface area contributed by atoms with Crippen molar-refractivity contribution in [3.05, 3.63) is 68.9 Å². The van der Waals surface area contributed by atoms with Gasteiger partial charge in [-0.2, -0.15) is 0 Å². The van der Waals surface area contributed by atoms with Crippen LogP contribution >= 0.6 is 27.7 Å². The number of thioether (sulfide) groups is 1. The lowest BCUT2D eigenvalue weighted by molar-refractivity contribution is -0.116. The topological polar surface area (TPSA) is 57.1 Å². The van der Waals surface area contributed by atoms with Gasteiger partial charge in [0.2, 0.25) is 0 Å². The molecule has 132 valence electrons. The normalized spacial score (nSPS) is 18.5. The number of hydrogen-bond acceptors (Lipinski definition) is 5. The highest BCUT2D eigenvalue weighted by atomic mass is 79.9. The highest BCUT2D eigenvalue weighted by molar-refractivity contribution is 9.10. The zero-order valence-corrected chi connectivity index (χ0v) is 16.1. The standard InChI is InChI=1S/C18H14BrFN4OS/c1-2-26-18-22-17(25)15-12-9-10(19)7-8-14(12)21-16(24(15)23-18)11-5-3-4-6-13(11)20/h3-9,16H,2H2,1H3,(H,22,23,25)/t16-/m1/s1. The second-order valence-electron chi connectivity index (χ2n) is 5.67. The first-order valence-electron chi connectivity index (χ1n) is 8.02. The Morgan fingerprint density at radius 1 is 1.31 bits per heavy atom. The van der Waals surface area contributed by atoms with Gasteiger partial charge in [-0.15, -0.1) is 5.10 Å². The summed E-state index contributed by atoms with van der Waals surface area (Å²) in [5.74, 6) is 0.102. The quantitative estimate of drug-likeness (QED) is 0.792. The second-order valence-corrected chi connectivity index (χ2v) is 7.84. The van der Waals surface area contributed by atoms with Crippen LogP contribution < -0.4 is 15.9 Å². The van der Waals surface area contributed by atoms with E-state index >= 15 is 0 Å².